The maximum Gasteiger partial charge on any atom is 0.312 e. The summed E-state index contributed by atoms with van der Waals surface area (Å²) in [5.41, 5.74) is 4.32. The molecule has 0 saturated heterocycles. The molecule has 1 N–H and O–H groups in total. The number of carbonyl (C=O) groups is 1. The lowest BCUT2D eigenvalue weighted by molar-refractivity contribution is -0.139. The van der Waals surface area contributed by atoms with Gasteiger partial charge in [-0.25, -0.2) is 13.5 Å². The summed E-state index contributed by atoms with van der Waals surface area (Å²) >= 11 is 0. The van der Waals surface area contributed by atoms with Crippen LogP contribution in [0.2, 0.25) is 0 Å². The lowest BCUT2D eigenvalue weighted by Crippen LogP contribution is -2.24. The zero-order valence-corrected chi connectivity index (χ0v) is 23.3. The molecular formula is C32H33F2N3O4. The maximum atomic E-state index is 13.8. The Morgan fingerprint density at radius 3 is 2.29 bits per heavy atom. The van der Waals surface area contributed by atoms with Crippen molar-refractivity contribution in [2.45, 2.75) is 46.8 Å². The summed E-state index contributed by atoms with van der Waals surface area (Å²) < 4.78 is 34.5. The lowest BCUT2D eigenvalue weighted by atomic mass is 9.95. The molecule has 0 radical (unpaired) electrons. The van der Waals surface area contributed by atoms with Gasteiger partial charge in [-0.05, 0) is 73.2 Å². The summed E-state index contributed by atoms with van der Waals surface area (Å²) in [7, 11) is 0. The van der Waals surface area contributed by atoms with Gasteiger partial charge in [0.2, 0.25) is 0 Å². The average Bonchev–Trinajstić information content (AvgIpc) is 3.41. The van der Waals surface area contributed by atoms with Crippen LogP contribution in [-0.2, 0) is 35.7 Å². The summed E-state index contributed by atoms with van der Waals surface area (Å²) in [6, 6.07) is 18.7. The van der Waals surface area contributed by atoms with Crippen molar-refractivity contribution >= 4 is 11.7 Å². The molecule has 1 unspecified atom stereocenters. The van der Waals surface area contributed by atoms with E-state index in [1.807, 2.05) is 10.9 Å². The minimum atomic E-state index is -1.06. The van der Waals surface area contributed by atoms with E-state index in [0.717, 1.165) is 35.4 Å². The fourth-order valence-electron chi connectivity index (χ4n) is 4.28. The highest BCUT2D eigenvalue weighted by Crippen LogP contribution is 2.19. The zero-order valence-electron chi connectivity index (χ0n) is 23.3. The van der Waals surface area contributed by atoms with Crippen molar-refractivity contribution in [2.24, 2.45) is 17.0 Å². The van der Waals surface area contributed by atoms with Crippen molar-refractivity contribution in [1.82, 2.24) is 9.78 Å². The average molecular weight is 562 g/mol. The molecule has 4 aromatic rings. The van der Waals surface area contributed by atoms with Gasteiger partial charge in [-0.15, -0.1) is 0 Å². The third-order valence-electron chi connectivity index (χ3n) is 6.50. The van der Waals surface area contributed by atoms with Gasteiger partial charge in [-0.3, -0.25) is 4.79 Å². The zero-order chi connectivity index (χ0) is 29.4. The fourth-order valence-corrected chi connectivity index (χ4v) is 4.28. The summed E-state index contributed by atoms with van der Waals surface area (Å²) in [6.07, 6.45) is 4.92. The fraction of sp³-hybridized carbons (Fsp3) is 0.281. The van der Waals surface area contributed by atoms with E-state index in [2.05, 4.69) is 48.4 Å². The van der Waals surface area contributed by atoms with Crippen LogP contribution in [0.1, 0.15) is 43.0 Å². The van der Waals surface area contributed by atoms with E-state index in [0.29, 0.717) is 18.3 Å². The number of aromatic nitrogens is 2. The highest BCUT2D eigenvalue weighted by Gasteiger charge is 2.22. The molecule has 0 spiro atoms. The first-order valence-electron chi connectivity index (χ1n) is 13.4. The van der Waals surface area contributed by atoms with Gasteiger partial charge in [0, 0.05) is 23.4 Å². The quantitative estimate of drug-likeness (QED) is 0.144. The first kappa shape index (κ1) is 29.5. The highest BCUT2D eigenvalue weighted by molar-refractivity contribution is 6.00. The molecule has 1 atom stereocenters. The number of halogens is 2. The molecule has 4 rings (SSSR count). The maximum absolute atomic E-state index is 13.8. The van der Waals surface area contributed by atoms with E-state index < -0.39 is 23.5 Å². The van der Waals surface area contributed by atoms with Crippen molar-refractivity contribution in [1.29, 1.82) is 0 Å². The largest absolute Gasteiger partial charge is 0.489 e. The first-order valence-corrected chi connectivity index (χ1v) is 13.4. The Balaban J connectivity index is 1.30. The van der Waals surface area contributed by atoms with E-state index in [4.69, 9.17) is 9.57 Å². The van der Waals surface area contributed by atoms with E-state index in [-0.39, 0.29) is 24.3 Å². The van der Waals surface area contributed by atoms with Gasteiger partial charge in [0.15, 0.2) is 0 Å². The van der Waals surface area contributed by atoms with Crippen LogP contribution in [0.4, 0.5) is 8.78 Å². The minimum absolute atomic E-state index is 0.119. The second-order valence-electron chi connectivity index (χ2n) is 10.3. The van der Waals surface area contributed by atoms with Crippen molar-refractivity contribution in [3.05, 3.63) is 113 Å². The predicted octanol–water partition coefficient (Wildman–Crippen LogP) is 6.76. The van der Waals surface area contributed by atoms with Crippen molar-refractivity contribution in [3.63, 3.8) is 0 Å². The second-order valence-corrected chi connectivity index (χ2v) is 10.3. The molecule has 0 bridgehead atoms. The van der Waals surface area contributed by atoms with Crippen LogP contribution in [0.25, 0.3) is 5.69 Å². The van der Waals surface area contributed by atoms with Crippen molar-refractivity contribution < 1.29 is 28.3 Å². The van der Waals surface area contributed by atoms with Crippen molar-refractivity contribution in [2.75, 3.05) is 0 Å². The van der Waals surface area contributed by atoms with Gasteiger partial charge in [-0.2, -0.15) is 5.10 Å². The smallest absolute Gasteiger partial charge is 0.312 e. The van der Waals surface area contributed by atoms with Gasteiger partial charge in [0.25, 0.3) is 0 Å². The number of hydrogen-bond donors (Lipinski definition) is 1. The molecule has 0 aliphatic carbocycles. The van der Waals surface area contributed by atoms with Crippen molar-refractivity contribution in [3.8, 4) is 11.4 Å². The Hall–Kier alpha value is -4.53. The Bertz CT molecular complexity index is 1480. The number of rotatable bonds is 13. The Morgan fingerprint density at radius 2 is 1.63 bits per heavy atom. The van der Waals surface area contributed by atoms with Crippen LogP contribution >= 0.6 is 0 Å². The van der Waals surface area contributed by atoms with E-state index >= 15 is 0 Å². The van der Waals surface area contributed by atoms with E-state index in [1.165, 1.54) is 18.6 Å². The number of carboxylic acid groups (broad SMARTS) is 1. The number of ether oxygens (including phenoxy) is 1. The molecule has 7 nitrogen and oxygen atoms in total. The molecule has 0 fully saturated rings. The number of oxime groups is 1. The standard InChI is InChI=1S/C32H33F2N3O4/c1-21(2)14-23-4-10-28(11-5-23)37-18-25(17-35-37)19-40-29-12-6-24(7-13-29)15-30(32(38)39)22(3)36-41-20-26-8-9-27(33)16-31(26)34/h4-13,16-18,21,30H,14-15,19-20H2,1-3H3,(H,38,39). The number of nitrogens with zero attached hydrogens (tertiary/aromatic N) is 3. The Morgan fingerprint density at radius 1 is 0.951 bits per heavy atom. The molecule has 1 heterocycles. The molecule has 41 heavy (non-hydrogen) atoms. The summed E-state index contributed by atoms with van der Waals surface area (Å²) in [5.74, 6) is -2.20. The topological polar surface area (TPSA) is 85.9 Å². The molecule has 0 aliphatic heterocycles. The van der Waals surface area contributed by atoms with Gasteiger partial charge in [0.05, 0.1) is 17.6 Å². The van der Waals surface area contributed by atoms with Crippen LogP contribution < -0.4 is 4.74 Å². The summed E-state index contributed by atoms with van der Waals surface area (Å²) in [4.78, 5) is 17.0. The van der Waals surface area contributed by atoms with Crippen LogP contribution in [0.5, 0.6) is 5.75 Å². The van der Waals surface area contributed by atoms with Crippen LogP contribution in [-0.4, -0.2) is 26.6 Å². The monoisotopic (exact) mass is 561 g/mol. The number of aliphatic carboxylic acids is 1. The normalized spacial score (nSPS) is 12.4. The predicted molar refractivity (Wildman–Crippen MR) is 152 cm³/mol. The van der Waals surface area contributed by atoms with Gasteiger partial charge in [-0.1, -0.05) is 43.3 Å². The second kappa shape index (κ2) is 13.7. The van der Waals surface area contributed by atoms with E-state index in [1.54, 1.807) is 30.5 Å². The minimum Gasteiger partial charge on any atom is -0.489 e. The Kier molecular flexibility index (Phi) is 9.84. The molecule has 3 aromatic carbocycles. The van der Waals surface area contributed by atoms with Crippen LogP contribution in [0.15, 0.2) is 84.3 Å². The molecule has 0 aliphatic rings. The van der Waals surface area contributed by atoms with Crippen LogP contribution in [0, 0.1) is 23.5 Å². The highest BCUT2D eigenvalue weighted by atomic mass is 19.1. The van der Waals surface area contributed by atoms with Gasteiger partial charge < -0.3 is 14.7 Å². The molecule has 0 saturated carbocycles. The van der Waals surface area contributed by atoms with Gasteiger partial charge in [0.1, 0.15) is 36.5 Å². The molecule has 214 valence electrons. The van der Waals surface area contributed by atoms with E-state index in [9.17, 15) is 18.7 Å². The summed E-state index contributed by atoms with van der Waals surface area (Å²) in [5, 5.41) is 18.0. The molecule has 9 heteroatoms. The molecular weight excluding hydrogens is 528 g/mol. The number of carboxylic acids is 1. The third kappa shape index (κ3) is 8.48. The van der Waals surface area contributed by atoms with Gasteiger partial charge >= 0.3 is 5.97 Å². The molecule has 0 amide bonds. The summed E-state index contributed by atoms with van der Waals surface area (Å²) in [6.45, 7) is 6.03. The lowest BCUT2D eigenvalue weighted by Gasteiger charge is -2.13. The van der Waals surface area contributed by atoms with Crippen LogP contribution in [0.3, 0.4) is 0 Å². The SMILES string of the molecule is CC(=NOCc1ccc(F)cc1F)C(Cc1ccc(OCc2cnn(-c3ccc(CC(C)C)cc3)c2)cc1)C(=O)O. The molecule has 1 aromatic heterocycles. The first-order chi connectivity index (χ1) is 19.7. The number of benzene rings is 3. The third-order valence-corrected chi connectivity index (χ3v) is 6.50. The Labute approximate surface area is 238 Å². The number of hydrogen-bond acceptors (Lipinski definition) is 5.